The average molecular weight is 274 g/mol. The van der Waals surface area contributed by atoms with Crippen LogP contribution in [-0.2, 0) is 19.4 Å². The van der Waals surface area contributed by atoms with Gasteiger partial charge in [-0.15, -0.1) is 0 Å². The Hall–Kier alpha value is -1.55. The molecular weight excluding hydrogens is 252 g/mol. The number of carbonyl (C=O) groups is 1. The molecule has 1 fully saturated rings. The predicted molar refractivity (Wildman–Crippen MR) is 77.5 cm³/mol. The van der Waals surface area contributed by atoms with Gasteiger partial charge in [0, 0.05) is 19.6 Å². The highest BCUT2D eigenvalue weighted by molar-refractivity contribution is 5.74. The normalized spacial score (nSPS) is 21.6. The molecular formula is C16H22N2O2. The molecule has 20 heavy (non-hydrogen) atoms. The first-order valence-electron chi connectivity index (χ1n) is 7.54. The summed E-state index contributed by atoms with van der Waals surface area (Å²) >= 11 is 0. The van der Waals surface area contributed by atoms with Crippen LogP contribution in [0.25, 0.3) is 0 Å². The second kappa shape index (κ2) is 5.83. The molecule has 0 spiro atoms. The molecule has 1 heterocycles. The maximum atomic E-state index is 12.1. The van der Waals surface area contributed by atoms with Crippen molar-refractivity contribution in [2.75, 3.05) is 13.1 Å². The molecule has 2 aliphatic rings. The largest absolute Gasteiger partial charge is 0.391 e. The third-order valence-electron chi connectivity index (χ3n) is 4.29. The van der Waals surface area contributed by atoms with E-state index in [1.54, 1.807) is 4.90 Å². The van der Waals surface area contributed by atoms with E-state index in [0.717, 1.165) is 31.4 Å². The number of fused-ring (bicyclic) bond motifs is 1. The summed E-state index contributed by atoms with van der Waals surface area (Å²) in [6.07, 6.45) is 4.91. The van der Waals surface area contributed by atoms with Gasteiger partial charge in [-0.05, 0) is 48.8 Å². The smallest absolute Gasteiger partial charge is 0.317 e. The molecule has 1 unspecified atom stereocenters. The molecule has 1 aliphatic carbocycles. The van der Waals surface area contributed by atoms with Gasteiger partial charge in [-0.1, -0.05) is 18.2 Å². The van der Waals surface area contributed by atoms with Crippen LogP contribution in [0.4, 0.5) is 4.79 Å². The topological polar surface area (TPSA) is 52.6 Å². The fourth-order valence-electron chi connectivity index (χ4n) is 3.16. The molecule has 1 aromatic carbocycles. The SMILES string of the molecule is O=C(NCc1ccc2c(c1)CCC2)N1CCCC(O)C1. The van der Waals surface area contributed by atoms with Gasteiger partial charge in [0.25, 0.3) is 0 Å². The van der Waals surface area contributed by atoms with E-state index in [4.69, 9.17) is 0 Å². The minimum Gasteiger partial charge on any atom is -0.391 e. The quantitative estimate of drug-likeness (QED) is 0.864. The zero-order valence-corrected chi connectivity index (χ0v) is 11.8. The van der Waals surface area contributed by atoms with E-state index < -0.39 is 0 Å². The number of aliphatic hydroxyl groups is 1. The van der Waals surface area contributed by atoms with E-state index in [2.05, 4.69) is 23.5 Å². The lowest BCUT2D eigenvalue weighted by Crippen LogP contribution is -2.46. The molecule has 3 rings (SSSR count). The highest BCUT2D eigenvalue weighted by Gasteiger charge is 2.21. The number of β-amino-alcohol motifs (C(OH)–C–C–N with tert-alkyl or cyclic N) is 1. The van der Waals surface area contributed by atoms with Gasteiger partial charge < -0.3 is 15.3 Å². The number of piperidine rings is 1. The summed E-state index contributed by atoms with van der Waals surface area (Å²) in [5.74, 6) is 0. The zero-order valence-electron chi connectivity index (χ0n) is 11.8. The maximum absolute atomic E-state index is 12.1. The molecule has 0 saturated carbocycles. The predicted octanol–water partition coefficient (Wildman–Crippen LogP) is 1.84. The first kappa shape index (κ1) is 13.4. The second-order valence-electron chi connectivity index (χ2n) is 5.86. The van der Waals surface area contributed by atoms with Crippen LogP contribution in [0, 0.1) is 0 Å². The molecule has 4 heteroatoms. The fourth-order valence-corrected chi connectivity index (χ4v) is 3.16. The number of likely N-dealkylation sites (tertiary alicyclic amines) is 1. The van der Waals surface area contributed by atoms with Crippen molar-refractivity contribution < 1.29 is 9.90 Å². The van der Waals surface area contributed by atoms with Crippen LogP contribution in [-0.4, -0.2) is 35.2 Å². The summed E-state index contributed by atoms with van der Waals surface area (Å²) in [5, 5.41) is 12.6. The van der Waals surface area contributed by atoms with Crippen LogP contribution < -0.4 is 5.32 Å². The van der Waals surface area contributed by atoms with Crippen molar-refractivity contribution in [3.63, 3.8) is 0 Å². The third-order valence-corrected chi connectivity index (χ3v) is 4.29. The van der Waals surface area contributed by atoms with E-state index in [0.29, 0.717) is 13.1 Å². The van der Waals surface area contributed by atoms with Crippen molar-refractivity contribution in [2.24, 2.45) is 0 Å². The Morgan fingerprint density at radius 2 is 2.15 bits per heavy atom. The summed E-state index contributed by atoms with van der Waals surface area (Å²) in [5.41, 5.74) is 4.06. The first-order valence-corrected chi connectivity index (χ1v) is 7.54. The molecule has 1 atom stereocenters. The lowest BCUT2D eigenvalue weighted by atomic mass is 10.1. The number of nitrogens with zero attached hydrogens (tertiary/aromatic N) is 1. The van der Waals surface area contributed by atoms with Gasteiger partial charge in [0.1, 0.15) is 0 Å². The van der Waals surface area contributed by atoms with Crippen LogP contribution in [0.15, 0.2) is 18.2 Å². The maximum Gasteiger partial charge on any atom is 0.317 e. The van der Waals surface area contributed by atoms with E-state index in [-0.39, 0.29) is 12.1 Å². The van der Waals surface area contributed by atoms with Crippen molar-refractivity contribution in [1.82, 2.24) is 10.2 Å². The van der Waals surface area contributed by atoms with Gasteiger partial charge in [0.05, 0.1) is 6.10 Å². The molecule has 1 saturated heterocycles. The van der Waals surface area contributed by atoms with Crippen LogP contribution in [0.5, 0.6) is 0 Å². The van der Waals surface area contributed by atoms with Crippen molar-refractivity contribution in [2.45, 2.75) is 44.8 Å². The third kappa shape index (κ3) is 2.96. The average Bonchev–Trinajstić information content (AvgIpc) is 2.92. The van der Waals surface area contributed by atoms with Gasteiger partial charge >= 0.3 is 6.03 Å². The summed E-state index contributed by atoms with van der Waals surface area (Å²) in [7, 11) is 0. The van der Waals surface area contributed by atoms with Crippen molar-refractivity contribution in [3.8, 4) is 0 Å². The van der Waals surface area contributed by atoms with E-state index in [9.17, 15) is 9.90 Å². The van der Waals surface area contributed by atoms with Gasteiger partial charge in [0.15, 0.2) is 0 Å². The van der Waals surface area contributed by atoms with E-state index in [1.807, 2.05) is 0 Å². The standard InChI is InChI=1S/C16H22N2O2/c19-15-5-2-8-18(11-15)16(20)17-10-12-6-7-13-3-1-4-14(13)9-12/h6-7,9,15,19H,1-5,8,10-11H2,(H,17,20). The Labute approximate surface area is 119 Å². The molecule has 0 aromatic heterocycles. The van der Waals surface area contributed by atoms with Gasteiger partial charge in [-0.2, -0.15) is 0 Å². The van der Waals surface area contributed by atoms with Gasteiger partial charge in [0.2, 0.25) is 0 Å². The van der Waals surface area contributed by atoms with Crippen molar-refractivity contribution in [1.29, 1.82) is 0 Å². The summed E-state index contributed by atoms with van der Waals surface area (Å²) in [4.78, 5) is 13.8. The number of benzene rings is 1. The minimum atomic E-state index is -0.366. The van der Waals surface area contributed by atoms with E-state index >= 15 is 0 Å². The molecule has 1 aliphatic heterocycles. The van der Waals surface area contributed by atoms with Crippen LogP contribution in [0.1, 0.15) is 36.0 Å². The fraction of sp³-hybridized carbons (Fsp3) is 0.562. The van der Waals surface area contributed by atoms with Crippen LogP contribution >= 0.6 is 0 Å². The van der Waals surface area contributed by atoms with Crippen molar-refractivity contribution in [3.05, 3.63) is 34.9 Å². The highest BCUT2D eigenvalue weighted by atomic mass is 16.3. The molecule has 0 radical (unpaired) electrons. The Bertz CT molecular complexity index is 501. The first-order chi connectivity index (χ1) is 9.72. The summed E-state index contributed by atoms with van der Waals surface area (Å²) in [6.45, 7) is 1.77. The number of aliphatic hydroxyl groups excluding tert-OH is 1. The van der Waals surface area contributed by atoms with Crippen LogP contribution in [0.2, 0.25) is 0 Å². The number of hydrogen-bond acceptors (Lipinski definition) is 2. The Balaban J connectivity index is 1.55. The second-order valence-corrected chi connectivity index (χ2v) is 5.86. The zero-order chi connectivity index (χ0) is 13.9. The number of amides is 2. The van der Waals surface area contributed by atoms with E-state index in [1.165, 1.54) is 24.0 Å². The number of carbonyl (C=O) groups excluding carboxylic acids is 1. The molecule has 1 aromatic rings. The highest BCUT2D eigenvalue weighted by Crippen LogP contribution is 2.22. The minimum absolute atomic E-state index is 0.0655. The number of aryl methyl sites for hydroxylation is 2. The van der Waals surface area contributed by atoms with Gasteiger partial charge in [-0.3, -0.25) is 0 Å². The number of nitrogens with one attached hydrogen (secondary N) is 1. The lowest BCUT2D eigenvalue weighted by molar-refractivity contribution is 0.0842. The molecule has 4 nitrogen and oxygen atoms in total. The van der Waals surface area contributed by atoms with Gasteiger partial charge in [-0.25, -0.2) is 4.79 Å². The Kier molecular flexibility index (Phi) is 3.92. The number of hydrogen-bond donors (Lipinski definition) is 2. The summed E-state index contributed by atoms with van der Waals surface area (Å²) in [6, 6.07) is 6.45. The molecule has 108 valence electrons. The van der Waals surface area contributed by atoms with Crippen LogP contribution in [0.3, 0.4) is 0 Å². The Morgan fingerprint density at radius 1 is 1.30 bits per heavy atom. The lowest BCUT2D eigenvalue weighted by Gasteiger charge is -2.30. The van der Waals surface area contributed by atoms with Crippen molar-refractivity contribution >= 4 is 6.03 Å². The Morgan fingerprint density at radius 3 is 3.00 bits per heavy atom. The monoisotopic (exact) mass is 274 g/mol. The molecule has 0 bridgehead atoms. The number of urea groups is 1. The molecule has 2 amide bonds. The molecule has 2 N–H and O–H groups in total. The summed E-state index contributed by atoms with van der Waals surface area (Å²) < 4.78 is 0. The number of rotatable bonds is 2.